The van der Waals surface area contributed by atoms with E-state index in [2.05, 4.69) is 52.8 Å². The Bertz CT molecular complexity index is 371. The second kappa shape index (κ2) is 3.10. The summed E-state index contributed by atoms with van der Waals surface area (Å²) >= 11 is 0. The van der Waals surface area contributed by atoms with E-state index in [0.717, 1.165) is 5.92 Å². The van der Waals surface area contributed by atoms with E-state index >= 15 is 0 Å². The van der Waals surface area contributed by atoms with Crippen LogP contribution < -0.4 is 0 Å². The summed E-state index contributed by atoms with van der Waals surface area (Å²) in [6, 6.07) is 9.72. The topological polar surface area (TPSA) is 0 Å². The first-order valence-corrected chi connectivity index (χ1v) is 5.87. The third-order valence-electron chi connectivity index (χ3n) is 4.34. The first-order chi connectivity index (χ1) is 6.86. The van der Waals surface area contributed by atoms with E-state index in [1.54, 1.807) is 0 Å². The Kier molecular flexibility index (Phi) is 2.22. The van der Waals surface area contributed by atoms with Crippen molar-refractivity contribution in [3.63, 3.8) is 0 Å². The molecule has 1 atom stereocenters. The summed E-state index contributed by atoms with van der Waals surface area (Å²) in [5, 5.41) is 0. The maximum atomic E-state index is 3.23. The lowest BCUT2D eigenvalue weighted by Gasteiger charge is -2.46. The van der Waals surface area contributed by atoms with Crippen LogP contribution in [0.15, 0.2) is 18.2 Å². The Labute approximate surface area is 93.7 Å². The van der Waals surface area contributed by atoms with Crippen molar-refractivity contribution >= 4 is 0 Å². The van der Waals surface area contributed by atoms with Gasteiger partial charge < -0.3 is 0 Å². The molecular formula is C15H21. The monoisotopic (exact) mass is 201 g/mol. The summed E-state index contributed by atoms with van der Waals surface area (Å²) in [6.45, 7) is 11.8. The van der Waals surface area contributed by atoms with Gasteiger partial charge >= 0.3 is 0 Å². The van der Waals surface area contributed by atoms with Gasteiger partial charge in [0.2, 0.25) is 0 Å². The van der Waals surface area contributed by atoms with Crippen molar-refractivity contribution in [1.82, 2.24) is 0 Å². The van der Waals surface area contributed by atoms with Crippen LogP contribution in [0.4, 0.5) is 0 Å². The molecule has 1 aromatic carbocycles. The summed E-state index contributed by atoms with van der Waals surface area (Å²) in [5.41, 5.74) is 3.63. The highest BCUT2D eigenvalue weighted by molar-refractivity contribution is 5.41. The van der Waals surface area contributed by atoms with Crippen molar-refractivity contribution in [1.29, 1.82) is 0 Å². The highest BCUT2D eigenvalue weighted by Crippen LogP contribution is 2.48. The molecule has 0 amide bonds. The molecule has 15 heavy (non-hydrogen) atoms. The van der Waals surface area contributed by atoms with Crippen molar-refractivity contribution in [2.75, 3.05) is 0 Å². The van der Waals surface area contributed by atoms with Gasteiger partial charge in [0.25, 0.3) is 0 Å². The van der Waals surface area contributed by atoms with Crippen LogP contribution in [0.2, 0.25) is 0 Å². The Morgan fingerprint density at radius 3 is 2.53 bits per heavy atom. The van der Waals surface area contributed by atoms with Crippen LogP contribution in [0.1, 0.15) is 52.2 Å². The van der Waals surface area contributed by atoms with Crippen molar-refractivity contribution in [2.24, 2.45) is 5.92 Å². The second-order valence-corrected chi connectivity index (χ2v) is 6.18. The van der Waals surface area contributed by atoms with Crippen molar-refractivity contribution in [2.45, 2.75) is 51.9 Å². The van der Waals surface area contributed by atoms with Gasteiger partial charge in [0.1, 0.15) is 0 Å². The minimum atomic E-state index is 0.294. The van der Waals surface area contributed by atoms with Gasteiger partial charge in [-0.05, 0) is 40.4 Å². The Hall–Kier alpha value is -0.780. The van der Waals surface area contributed by atoms with Crippen LogP contribution in [-0.4, -0.2) is 0 Å². The van der Waals surface area contributed by atoms with E-state index < -0.39 is 0 Å². The summed E-state index contributed by atoms with van der Waals surface area (Å²) in [5.74, 6) is 0.732. The summed E-state index contributed by atoms with van der Waals surface area (Å²) in [4.78, 5) is 0. The fraction of sp³-hybridized carbons (Fsp3) is 0.600. The van der Waals surface area contributed by atoms with Crippen LogP contribution in [0.25, 0.3) is 0 Å². The molecule has 1 aliphatic carbocycles. The molecule has 1 unspecified atom stereocenters. The van der Waals surface area contributed by atoms with Crippen LogP contribution in [0.3, 0.4) is 0 Å². The summed E-state index contributed by atoms with van der Waals surface area (Å²) in [7, 11) is 0. The van der Waals surface area contributed by atoms with Gasteiger partial charge in [-0.3, -0.25) is 0 Å². The third kappa shape index (κ3) is 1.51. The normalized spacial score (nSPS) is 27.1. The molecule has 0 fully saturated rings. The molecule has 81 valence electrons. The zero-order chi connectivity index (χ0) is 11.3. The molecule has 2 rings (SSSR count). The fourth-order valence-electron chi connectivity index (χ4n) is 2.95. The van der Waals surface area contributed by atoms with Gasteiger partial charge in [0.15, 0.2) is 0 Å². The van der Waals surface area contributed by atoms with Gasteiger partial charge in [-0.2, -0.15) is 0 Å². The SMILES string of the molecule is CC1CC(C)(C)c2cc[c]cc2C1(C)C. The molecule has 0 heterocycles. The molecule has 0 saturated carbocycles. The number of hydrogen-bond donors (Lipinski definition) is 0. The van der Waals surface area contributed by atoms with Crippen molar-refractivity contribution in [3.8, 4) is 0 Å². The number of benzene rings is 1. The lowest BCUT2D eigenvalue weighted by molar-refractivity contribution is 0.233. The molecule has 1 radical (unpaired) electrons. The first kappa shape index (κ1) is 10.7. The number of fused-ring (bicyclic) bond motifs is 1. The maximum absolute atomic E-state index is 3.23. The predicted octanol–water partition coefficient (Wildman–Crippen LogP) is 4.08. The highest BCUT2D eigenvalue weighted by atomic mass is 14.4. The van der Waals surface area contributed by atoms with E-state index in [9.17, 15) is 0 Å². The molecule has 0 bridgehead atoms. The van der Waals surface area contributed by atoms with Crippen LogP contribution in [-0.2, 0) is 10.8 Å². The zero-order valence-electron chi connectivity index (χ0n) is 10.5. The number of rotatable bonds is 0. The third-order valence-corrected chi connectivity index (χ3v) is 4.34. The summed E-state index contributed by atoms with van der Waals surface area (Å²) < 4.78 is 0. The molecule has 0 saturated heterocycles. The first-order valence-electron chi connectivity index (χ1n) is 5.87. The molecule has 0 spiro atoms. The minimum absolute atomic E-state index is 0.294. The van der Waals surface area contributed by atoms with Crippen LogP contribution >= 0.6 is 0 Å². The molecule has 0 nitrogen and oxygen atoms in total. The Balaban J connectivity index is 2.64. The number of hydrogen-bond acceptors (Lipinski definition) is 0. The van der Waals surface area contributed by atoms with Gasteiger partial charge in [-0.1, -0.05) is 52.8 Å². The maximum Gasteiger partial charge on any atom is -0.00745 e. The lowest BCUT2D eigenvalue weighted by Crippen LogP contribution is -2.40. The molecular weight excluding hydrogens is 180 g/mol. The Morgan fingerprint density at radius 1 is 1.20 bits per heavy atom. The van der Waals surface area contributed by atoms with Gasteiger partial charge in [-0.25, -0.2) is 0 Å². The average Bonchev–Trinajstić information content (AvgIpc) is 2.15. The van der Waals surface area contributed by atoms with E-state index in [1.165, 1.54) is 17.5 Å². The molecule has 0 heteroatoms. The van der Waals surface area contributed by atoms with Crippen LogP contribution in [0.5, 0.6) is 0 Å². The molecule has 0 N–H and O–H groups in total. The largest absolute Gasteiger partial charge is 0.0616 e. The van der Waals surface area contributed by atoms with E-state index in [0.29, 0.717) is 10.8 Å². The van der Waals surface area contributed by atoms with Gasteiger partial charge in [0, 0.05) is 0 Å². The molecule has 0 aliphatic heterocycles. The van der Waals surface area contributed by atoms with E-state index in [1.807, 2.05) is 6.07 Å². The van der Waals surface area contributed by atoms with Gasteiger partial charge in [0.05, 0.1) is 0 Å². The van der Waals surface area contributed by atoms with E-state index in [-0.39, 0.29) is 0 Å². The van der Waals surface area contributed by atoms with Crippen molar-refractivity contribution in [3.05, 3.63) is 35.4 Å². The second-order valence-electron chi connectivity index (χ2n) is 6.18. The lowest BCUT2D eigenvalue weighted by atomic mass is 9.58. The molecule has 1 aliphatic rings. The fourth-order valence-corrected chi connectivity index (χ4v) is 2.95. The van der Waals surface area contributed by atoms with Gasteiger partial charge in [-0.15, -0.1) is 0 Å². The summed E-state index contributed by atoms with van der Waals surface area (Å²) in [6.07, 6.45) is 1.27. The standard InChI is InChI=1S/C15H21/c1-11-10-14(2,3)12-8-6-7-9-13(12)15(11,4)5/h6,8-9,11H,10H2,1-5H3. The average molecular weight is 201 g/mol. The van der Waals surface area contributed by atoms with E-state index in [4.69, 9.17) is 0 Å². The zero-order valence-corrected chi connectivity index (χ0v) is 10.5. The molecule has 1 aromatic rings. The molecule has 0 aromatic heterocycles. The highest BCUT2D eigenvalue weighted by Gasteiger charge is 2.41. The van der Waals surface area contributed by atoms with Crippen LogP contribution in [0, 0.1) is 12.0 Å². The smallest absolute Gasteiger partial charge is 0.00745 e. The minimum Gasteiger partial charge on any atom is -0.0616 e. The quantitative estimate of drug-likeness (QED) is 0.593. The van der Waals surface area contributed by atoms with Crippen molar-refractivity contribution < 1.29 is 0 Å². The predicted molar refractivity (Wildman–Crippen MR) is 65.1 cm³/mol. The Morgan fingerprint density at radius 2 is 1.87 bits per heavy atom.